The van der Waals surface area contributed by atoms with Crippen molar-refractivity contribution in [3.8, 4) is 17.1 Å². The highest BCUT2D eigenvalue weighted by Crippen LogP contribution is 2.43. The van der Waals surface area contributed by atoms with Crippen LogP contribution >= 0.6 is 11.6 Å². The number of ether oxygens (including phenoxy) is 1. The number of anilines is 2. The predicted molar refractivity (Wildman–Crippen MR) is 189 cm³/mol. The van der Waals surface area contributed by atoms with Crippen LogP contribution in [0.3, 0.4) is 0 Å². The molecule has 0 saturated carbocycles. The Labute approximate surface area is 310 Å². The number of carbonyl (C=O) groups is 2. The van der Waals surface area contributed by atoms with Crippen LogP contribution in [0.5, 0.6) is 5.75 Å². The Kier molecular flexibility index (Phi) is 8.80. The minimum absolute atomic E-state index is 0.0293. The van der Waals surface area contributed by atoms with E-state index in [1.807, 2.05) is 24.3 Å². The van der Waals surface area contributed by atoms with Crippen molar-refractivity contribution < 1.29 is 32.6 Å². The summed E-state index contributed by atoms with van der Waals surface area (Å²) in [6.45, 7) is 3.35. The molecular weight excluding hydrogens is 731 g/mol. The van der Waals surface area contributed by atoms with Gasteiger partial charge in [-0.25, -0.2) is 9.97 Å². The molecule has 5 aromatic rings. The van der Waals surface area contributed by atoms with E-state index < -0.39 is 41.3 Å². The fourth-order valence-electron chi connectivity index (χ4n) is 7.44. The lowest BCUT2D eigenvalue weighted by atomic mass is 9.85. The van der Waals surface area contributed by atoms with Gasteiger partial charge < -0.3 is 29.5 Å². The maximum absolute atomic E-state index is 14.4. The summed E-state index contributed by atoms with van der Waals surface area (Å²) in [5.41, 5.74) is -0.127. The molecule has 54 heavy (non-hydrogen) atoms. The summed E-state index contributed by atoms with van der Waals surface area (Å²) in [5, 5.41) is 17.3. The molecule has 1 spiro atoms. The van der Waals surface area contributed by atoms with E-state index in [0.717, 1.165) is 54.3 Å². The van der Waals surface area contributed by atoms with Gasteiger partial charge in [0.2, 0.25) is 11.7 Å². The maximum Gasteiger partial charge on any atom is 0.416 e. The SMILES string of the molecule is Cc1ncnc(C(=O)N2CCC3(CC2)OCc2c3c(=O)n3nc(-c4ccc(N5CCCC5)cc4)nc3n2CC(=O)Nc2ccc(C(F)(F)F)cc2Cl)c1O. The zero-order valence-corrected chi connectivity index (χ0v) is 29.6. The Bertz CT molecular complexity index is 2370. The fourth-order valence-corrected chi connectivity index (χ4v) is 7.66. The number of aromatic hydroxyl groups is 1. The number of piperidine rings is 1. The van der Waals surface area contributed by atoms with Crippen LogP contribution in [0.15, 0.2) is 53.6 Å². The molecule has 14 nitrogen and oxygen atoms in total. The van der Waals surface area contributed by atoms with E-state index in [4.69, 9.17) is 21.3 Å². The molecule has 3 aliphatic heterocycles. The van der Waals surface area contributed by atoms with E-state index in [1.165, 1.54) is 15.8 Å². The van der Waals surface area contributed by atoms with Gasteiger partial charge in [0.15, 0.2) is 17.3 Å². The van der Waals surface area contributed by atoms with Crippen molar-refractivity contribution in [3.05, 3.63) is 92.4 Å². The van der Waals surface area contributed by atoms with Gasteiger partial charge in [0.1, 0.15) is 18.5 Å². The monoisotopic (exact) mass is 763 g/mol. The quantitative estimate of drug-likeness (QED) is 0.243. The minimum Gasteiger partial charge on any atom is -0.504 e. The van der Waals surface area contributed by atoms with E-state index in [9.17, 15) is 32.7 Å². The van der Waals surface area contributed by atoms with E-state index in [2.05, 4.69) is 25.3 Å². The molecule has 8 rings (SSSR count). The van der Waals surface area contributed by atoms with Crippen LogP contribution in [-0.4, -0.2) is 77.1 Å². The number of alkyl halides is 3. The van der Waals surface area contributed by atoms with Gasteiger partial charge in [0.05, 0.1) is 39.8 Å². The summed E-state index contributed by atoms with van der Waals surface area (Å²) in [6, 6.07) is 10.3. The number of aromatic nitrogens is 6. The highest BCUT2D eigenvalue weighted by molar-refractivity contribution is 6.33. The zero-order chi connectivity index (χ0) is 37.9. The summed E-state index contributed by atoms with van der Waals surface area (Å²) in [6.07, 6.45) is -0.751. The lowest BCUT2D eigenvalue weighted by Gasteiger charge is -2.38. The number of benzene rings is 2. The molecule has 3 aromatic heterocycles. The molecular formula is C36H33ClF3N9O5. The van der Waals surface area contributed by atoms with Crippen molar-refractivity contribution in [2.24, 2.45) is 0 Å². The lowest BCUT2D eigenvalue weighted by molar-refractivity contribution is -0.137. The number of nitrogens with one attached hydrogen (secondary N) is 1. The van der Waals surface area contributed by atoms with Crippen LogP contribution in [0.25, 0.3) is 17.2 Å². The number of halogens is 4. The average molecular weight is 764 g/mol. The van der Waals surface area contributed by atoms with Crippen molar-refractivity contribution in [3.63, 3.8) is 0 Å². The number of fused-ring (bicyclic) bond motifs is 3. The molecule has 0 unspecified atom stereocenters. The number of aryl methyl sites for hydroxylation is 1. The first-order valence-corrected chi connectivity index (χ1v) is 17.7. The maximum atomic E-state index is 14.4. The van der Waals surface area contributed by atoms with Gasteiger partial charge in [0.25, 0.3) is 11.5 Å². The van der Waals surface area contributed by atoms with Crippen LogP contribution in [0, 0.1) is 6.92 Å². The molecule has 280 valence electrons. The van der Waals surface area contributed by atoms with Gasteiger partial charge >= 0.3 is 6.18 Å². The van der Waals surface area contributed by atoms with Crippen LogP contribution in [0.1, 0.15) is 58.7 Å². The normalized spacial score (nSPS) is 16.7. The fraction of sp³-hybridized carbons (Fsp3) is 0.361. The first-order chi connectivity index (χ1) is 25.8. The molecule has 2 fully saturated rings. The molecule has 0 atom stereocenters. The van der Waals surface area contributed by atoms with Crippen molar-refractivity contribution in [2.75, 3.05) is 36.4 Å². The Morgan fingerprint density at radius 3 is 2.44 bits per heavy atom. The van der Waals surface area contributed by atoms with Crippen molar-refractivity contribution >= 4 is 40.6 Å². The van der Waals surface area contributed by atoms with Gasteiger partial charge in [-0.1, -0.05) is 11.6 Å². The van der Waals surface area contributed by atoms with Crippen LogP contribution < -0.4 is 15.8 Å². The Morgan fingerprint density at radius 2 is 1.76 bits per heavy atom. The number of carbonyl (C=O) groups excluding carboxylic acids is 2. The first-order valence-electron chi connectivity index (χ1n) is 17.3. The summed E-state index contributed by atoms with van der Waals surface area (Å²) in [4.78, 5) is 57.7. The lowest BCUT2D eigenvalue weighted by Crippen LogP contribution is -2.47. The highest BCUT2D eigenvalue weighted by Gasteiger charge is 2.48. The predicted octanol–water partition coefficient (Wildman–Crippen LogP) is 4.93. The Hall–Kier alpha value is -5.55. The summed E-state index contributed by atoms with van der Waals surface area (Å²) >= 11 is 6.14. The molecule has 2 saturated heterocycles. The minimum atomic E-state index is -4.62. The van der Waals surface area contributed by atoms with E-state index >= 15 is 0 Å². The van der Waals surface area contributed by atoms with Gasteiger partial charge in [-0.15, -0.1) is 5.10 Å². The Morgan fingerprint density at radius 1 is 1.04 bits per heavy atom. The van der Waals surface area contributed by atoms with Crippen molar-refractivity contribution in [2.45, 2.75) is 57.5 Å². The third-order valence-electron chi connectivity index (χ3n) is 10.3. The van der Waals surface area contributed by atoms with Crippen LogP contribution in [0.4, 0.5) is 24.5 Å². The number of rotatable bonds is 6. The Balaban J connectivity index is 1.15. The topological polar surface area (TPSA) is 160 Å². The van der Waals surface area contributed by atoms with E-state index in [-0.39, 0.29) is 77.6 Å². The second kappa shape index (κ2) is 13.4. The largest absolute Gasteiger partial charge is 0.504 e. The average Bonchev–Trinajstić information content (AvgIpc) is 3.92. The number of hydrogen-bond acceptors (Lipinski definition) is 10. The first kappa shape index (κ1) is 35.5. The molecule has 18 heteroatoms. The van der Waals surface area contributed by atoms with Crippen LogP contribution in [0.2, 0.25) is 5.02 Å². The second-order valence-corrected chi connectivity index (χ2v) is 14.0. The number of amides is 2. The molecule has 0 radical (unpaired) electrons. The zero-order valence-electron chi connectivity index (χ0n) is 28.9. The third kappa shape index (κ3) is 6.20. The van der Waals surface area contributed by atoms with Crippen LogP contribution in [-0.2, 0) is 34.5 Å². The van der Waals surface area contributed by atoms with E-state index in [1.54, 1.807) is 6.92 Å². The van der Waals surface area contributed by atoms with Gasteiger partial charge in [-0.3, -0.25) is 14.4 Å². The number of likely N-dealkylation sites (tertiary alicyclic amines) is 1. The second-order valence-electron chi connectivity index (χ2n) is 13.6. The van der Waals surface area contributed by atoms with E-state index in [0.29, 0.717) is 11.3 Å². The molecule has 2 N–H and O–H groups in total. The molecule has 3 aliphatic rings. The van der Waals surface area contributed by atoms with Crippen molar-refractivity contribution in [1.82, 2.24) is 34.0 Å². The smallest absolute Gasteiger partial charge is 0.416 e. The third-order valence-corrected chi connectivity index (χ3v) is 10.6. The van der Waals surface area contributed by atoms with Gasteiger partial charge in [0, 0.05) is 37.4 Å². The molecule has 0 aliphatic carbocycles. The number of nitrogens with zero attached hydrogens (tertiary/aromatic N) is 8. The summed E-state index contributed by atoms with van der Waals surface area (Å²) in [5.74, 6) is -1.13. The highest BCUT2D eigenvalue weighted by atomic mass is 35.5. The van der Waals surface area contributed by atoms with Gasteiger partial charge in [-0.2, -0.15) is 22.7 Å². The summed E-state index contributed by atoms with van der Waals surface area (Å²) < 4.78 is 48.8. The molecule has 6 heterocycles. The molecule has 2 aromatic carbocycles. The number of hydrogen-bond donors (Lipinski definition) is 2. The standard InChI is InChI=1S/C36H33ClF3N9O5/c1-20-30(51)29(42-19-41-20)33(53)47-14-10-35(11-15-47)28-26(18-54-35)48(17-27(50)43-25-9-6-22(16-24(25)37)36(38,39)40)34-44-31(45-49(34)32(28)52)21-4-7-23(8-5-21)46-12-2-3-13-46/h4-9,16,19,51H,2-3,10-15,17-18H2,1H3,(H,43,50). The summed E-state index contributed by atoms with van der Waals surface area (Å²) in [7, 11) is 0. The van der Waals surface area contributed by atoms with Gasteiger partial charge in [-0.05, 0) is 75.1 Å². The molecule has 2 amide bonds. The molecule has 0 bridgehead atoms. The van der Waals surface area contributed by atoms with Crippen molar-refractivity contribution in [1.29, 1.82) is 0 Å².